The van der Waals surface area contributed by atoms with Crippen molar-refractivity contribution in [1.82, 2.24) is 29.8 Å². The molecule has 0 bridgehead atoms. The highest BCUT2D eigenvalue weighted by Crippen LogP contribution is 2.39. The Kier molecular flexibility index (Phi) is 6.05. The molecule has 0 aliphatic carbocycles. The number of fused-ring (bicyclic) bond motifs is 2. The standard InChI is InChI=1S/C27H25ClN8O/c1-17(34-26-23-25(31-15-30-23)32-16-33-26)20-14-21(28)19-8-5-9-29-22(19)24(20)35-10-12-36(13-11-35)27(37)18-6-3-2-4-7-18/h2-9,14-17H,10-13H2,1H3,(H2,30,31,32,33,34). The van der Waals surface area contributed by atoms with Gasteiger partial charge in [-0.1, -0.05) is 29.8 Å². The number of halogens is 1. The SMILES string of the molecule is CC(Nc1ncnc2[nH]cnc12)c1cc(Cl)c2cccnc2c1N1CCN(C(=O)c2ccccc2)CC1. The van der Waals surface area contributed by atoms with Crippen molar-refractivity contribution in [2.24, 2.45) is 0 Å². The monoisotopic (exact) mass is 512 g/mol. The summed E-state index contributed by atoms with van der Waals surface area (Å²) in [5, 5.41) is 5.03. The Balaban J connectivity index is 1.33. The molecule has 6 rings (SSSR count). The number of carbonyl (C=O) groups excluding carboxylic acids is 1. The topological polar surface area (TPSA) is 103 Å². The van der Waals surface area contributed by atoms with Crippen LogP contribution >= 0.6 is 11.6 Å². The molecule has 9 nitrogen and oxygen atoms in total. The Hall–Kier alpha value is -4.24. The van der Waals surface area contributed by atoms with Crippen molar-refractivity contribution in [3.63, 3.8) is 0 Å². The van der Waals surface area contributed by atoms with Crippen molar-refractivity contribution in [2.75, 3.05) is 36.4 Å². The van der Waals surface area contributed by atoms with Crippen LogP contribution in [-0.4, -0.2) is 61.9 Å². The smallest absolute Gasteiger partial charge is 0.253 e. The first-order chi connectivity index (χ1) is 18.1. The Morgan fingerprint density at radius 1 is 1.00 bits per heavy atom. The highest BCUT2D eigenvalue weighted by Gasteiger charge is 2.27. The number of anilines is 2. The summed E-state index contributed by atoms with van der Waals surface area (Å²) in [5.74, 6) is 0.696. The molecule has 1 atom stereocenters. The Labute approximate surface area is 218 Å². The maximum Gasteiger partial charge on any atom is 0.253 e. The fraction of sp³-hybridized carbons (Fsp3) is 0.222. The number of piperazine rings is 1. The van der Waals surface area contributed by atoms with Crippen LogP contribution in [-0.2, 0) is 0 Å². The van der Waals surface area contributed by atoms with E-state index in [0.717, 1.165) is 22.2 Å². The van der Waals surface area contributed by atoms with Crippen LogP contribution in [0, 0.1) is 0 Å². The molecule has 5 aromatic rings. The summed E-state index contributed by atoms with van der Waals surface area (Å²) in [5.41, 5.74) is 4.91. The average Bonchev–Trinajstić information content (AvgIpc) is 3.43. The van der Waals surface area contributed by atoms with Crippen LogP contribution in [0.3, 0.4) is 0 Å². The van der Waals surface area contributed by atoms with E-state index in [4.69, 9.17) is 16.6 Å². The van der Waals surface area contributed by atoms with Crippen LogP contribution in [0.5, 0.6) is 0 Å². The van der Waals surface area contributed by atoms with Gasteiger partial charge >= 0.3 is 0 Å². The van der Waals surface area contributed by atoms with Gasteiger partial charge in [0.1, 0.15) is 11.8 Å². The second kappa shape index (κ2) is 9.67. The predicted octanol–water partition coefficient (Wildman–Crippen LogP) is 4.69. The van der Waals surface area contributed by atoms with Gasteiger partial charge in [-0.2, -0.15) is 0 Å². The van der Waals surface area contributed by atoms with Gasteiger partial charge in [-0.25, -0.2) is 15.0 Å². The molecule has 1 fully saturated rings. The minimum absolute atomic E-state index is 0.0568. The summed E-state index contributed by atoms with van der Waals surface area (Å²) in [6.07, 6.45) is 4.90. The van der Waals surface area contributed by atoms with Gasteiger partial charge in [0.15, 0.2) is 11.5 Å². The fourth-order valence-electron chi connectivity index (χ4n) is 4.92. The van der Waals surface area contributed by atoms with E-state index in [1.807, 2.05) is 53.4 Å². The molecule has 1 amide bonds. The molecule has 2 N–H and O–H groups in total. The number of amides is 1. The molecule has 3 aromatic heterocycles. The highest BCUT2D eigenvalue weighted by atomic mass is 35.5. The van der Waals surface area contributed by atoms with Gasteiger partial charge in [0.05, 0.1) is 28.6 Å². The van der Waals surface area contributed by atoms with Crippen LogP contribution in [0.25, 0.3) is 22.1 Å². The van der Waals surface area contributed by atoms with Crippen molar-refractivity contribution >= 4 is 51.1 Å². The van der Waals surface area contributed by atoms with Crippen molar-refractivity contribution in [1.29, 1.82) is 0 Å². The van der Waals surface area contributed by atoms with Crippen LogP contribution in [0.4, 0.5) is 11.5 Å². The minimum Gasteiger partial charge on any atom is -0.366 e. The lowest BCUT2D eigenvalue weighted by Crippen LogP contribution is -2.49. The molecule has 4 heterocycles. The number of hydrogen-bond donors (Lipinski definition) is 2. The summed E-state index contributed by atoms with van der Waals surface area (Å²) >= 11 is 6.75. The number of carbonyl (C=O) groups is 1. The second-order valence-electron chi connectivity index (χ2n) is 9.03. The number of H-pyrrole nitrogens is 1. The van der Waals surface area contributed by atoms with Gasteiger partial charge in [-0.3, -0.25) is 9.78 Å². The van der Waals surface area contributed by atoms with E-state index in [2.05, 4.69) is 37.1 Å². The van der Waals surface area contributed by atoms with E-state index in [1.54, 1.807) is 12.5 Å². The van der Waals surface area contributed by atoms with Crippen molar-refractivity contribution < 1.29 is 4.79 Å². The van der Waals surface area contributed by atoms with Gasteiger partial charge in [0.25, 0.3) is 5.91 Å². The molecule has 1 unspecified atom stereocenters. The average molecular weight is 513 g/mol. The molecule has 186 valence electrons. The molecular weight excluding hydrogens is 488 g/mol. The number of imidazole rings is 1. The summed E-state index contributed by atoms with van der Waals surface area (Å²) < 4.78 is 0. The number of aromatic nitrogens is 5. The summed E-state index contributed by atoms with van der Waals surface area (Å²) in [7, 11) is 0. The zero-order valence-corrected chi connectivity index (χ0v) is 21.0. The lowest BCUT2D eigenvalue weighted by molar-refractivity contribution is 0.0747. The largest absolute Gasteiger partial charge is 0.366 e. The summed E-state index contributed by atoms with van der Waals surface area (Å²) in [6.45, 7) is 4.67. The van der Waals surface area contributed by atoms with Gasteiger partial charge in [0.2, 0.25) is 0 Å². The quantitative estimate of drug-likeness (QED) is 0.352. The van der Waals surface area contributed by atoms with Crippen molar-refractivity contribution in [2.45, 2.75) is 13.0 Å². The minimum atomic E-state index is -0.155. The van der Waals surface area contributed by atoms with Crippen LogP contribution in [0.2, 0.25) is 5.02 Å². The van der Waals surface area contributed by atoms with Gasteiger partial charge in [-0.05, 0) is 37.3 Å². The fourth-order valence-corrected chi connectivity index (χ4v) is 5.19. The molecule has 10 heteroatoms. The molecule has 0 saturated carbocycles. The van der Waals surface area contributed by atoms with Crippen LogP contribution in [0.15, 0.2) is 67.4 Å². The molecule has 1 aliphatic heterocycles. The van der Waals surface area contributed by atoms with E-state index in [9.17, 15) is 4.79 Å². The Morgan fingerprint density at radius 2 is 1.81 bits per heavy atom. The van der Waals surface area contributed by atoms with E-state index in [0.29, 0.717) is 53.7 Å². The zero-order valence-electron chi connectivity index (χ0n) is 20.2. The normalized spacial score (nSPS) is 14.8. The Bertz CT molecular complexity index is 1580. The molecule has 0 radical (unpaired) electrons. The van der Waals surface area contributed by atoms with Gasteiger partial charge < -0.3 is 20.1 Å². The molecule has 37 heavy (non-hydrogen) atoms. The summed E-state index contributed by atoms with van der Waals surface area (Å²) in [6, 6.07) is 15.2. The molecule has 2 aromatic carbocycles. The van der Waals surface area contributed by atoms with Crippen molar-refractivity contribution in [3.05, 3.63) is 83.5 Å². The molecular formula is C27H25ClN8O. The van der Waals surface area contributed by atoms with Gasteiger partial charge in [-0.15, -0.1) is 0 Å². The number of hydrogen-bond acceptors (Lipinski definition) is 7. The maximum atomic E-state index is 13.0. The first-order valence-corrected chi connectivity index (χ1v) is 12.5. The van der Waals surface area contributed by atoms with E-state index in [-0.39, 0.29) is 11.9 Å². The maximum absolute atomic E-state index is 13.0. The van der Waals surface area contributed by atoms with Crippen LogP contribution < -0.4 is 10.2 Å². The van der Waals surface area contributed by atoms with Gasteiger partial charge in [0, 0.05) is 48.9 Å². The lowest BCUT2D eigenvalue weighted by Gasteiger charge is -2.38. The number of nitrogens with one attached hydrogen (secondary N) is 2. The second-order valence-corrected chi connectivity index (χ2v) is 9.44. The third kappa shape index (κ3) is 4.31. The number of pyridine rings is 1. The van der Waals surface area contributed by atoms with E-state index < -0.39 is 0 Å². The number of nitrogens with zero attached hydrogens (tertiary/aromatic N) is 6. The van der Waals surface area contributed by atoms with E-state index >= 15 is 0 Å². The molecule has 1 aliphatic rings. The first-order valence-electron chi connectivity index (χ1n) is 12.2. The molecule has 0 spiro atoms. The predicted molar refractivity (Wildman–Crippen MR) is 145 cm³/mol. The first kappa shape index (κ1) is 23.2. The van der Waals surface area contributed by atoms with E-state index in [1.165, 1.54) is 6.33 Å². The third-order valence-corrected chi connectivity index (χ3v) is 7.10. The number of benzene rings is 2. The highest BCUT2D eigenvalue weighted by molar-refractivity contribution is 6.36. The summed E-state index contributed by atoms with van der Waals surface area (Å²) in [4.78, 5) is 38.0. The van der Waals surface area contributed by atoms with Crippen LogP contribution in [0.1, 0.15) is 28.9 Å². The van der Waals surface area contributed by atoms with Crippen molar-refractivity contribution in [3.8, 4) is 0 Å². The number of aromatic amines is 1. The Morgan fingerprint density at radius 3 is 2.62 bits per heavy atom. The zero-order chi connectivity index (χ0) is 25.4. The number of rotatable bonds is 5. The molecule has 1 saturated heterocycles. The third-order valence-electron chi connectivity index (χ3n) is 6.79. The lowest BCUT2D eigenvalue weighted by atomic mass is 10.0.